The lowest BCUT2D eigenvalue weighted by atomic mass is 10.2. The van der Waals surface area contributed by atoms with Gasteiger partial charge in [-0.3, -0.25) is 10.1 Å². The van der Waals surface area contributed by atoms with E-state index in [4.69, 9.17) is 0 Å². The fraction of sp³-hybridized carbons (Fsp3) is 0.154. The molecule has 1 aromatic heterocycles. The van der Waals surface area contributed by atoms with Crippen molar-refractivity contribution in [1.29, 1.82) is 0 Å². The van der Waals surface area contributed by atoms with E-state index >= 15 is 0 Å². The first-order chi connectivity index (χ1) is 8.66. The molecule has 0 bridgehead atoms. The molecular formula is C13H14N4O. The number of nitrogens with zero attached hydrogens (tertiary/aromatic N) is 3. The molecule has 0 aliphatic carbocycles. The third kappa shape index (κ3) is 2.82. The molecule has 0 spiro atoms. The molecule has 0 radical (unpaired) electrons. The average Bonchev–Trinajstić information content (AvgIpc) is 2.40. The van der Waals surface area contributed by atoms with Crippen LogP contribution in [0, 0.1) is 0 Å². The highest BCUT2D eigenvalue weighted by atomic mass is 16.1. The monoisotopic (exact) mass is 242 g/mol. The summed E-state index contributed by atoms with van der Waals surface area (Å²) in [6.07, 6.45) is 3.16. The minimum atomic E-state index is -0.216. The van der Waals surface area contributed by atoms with Crippen molar-refractivity contribution in [2.75, 3.05) is 24.3 Å². The maximum absolute atomic E-state index is 11.9. The lowest BCUT2D eigenvalue weighted by Gasteiger charge is -2.12. The zero-order chi connectivity index (χ0) is 13.0. The number of aromatic nitrogens is 2. The van der Waals surface area contributed by atoms with Crippen LogP contribution in [0.5, 0.6) is 0 Å². The molecule has 1 amide bonds. The van der Waals surface area contributed by atoms with E-state index in [1.165, 1.54) is 0 Å². The molecule has 2 aromatic rings. The molecular weight excluding hydrogens is 228 g/mol. The summed E-state index contributed by atoms with van der Waals surface area (Å²) >= 11 is 0. The summed E-state index contributed by atoms with van der Waals surface area (Å²) < 4.78 is 0. The van der Waals surface area contributed by atoms with Crippen LogP contribution < -0.4 is 10.2 Å². The summed E-state index contributed by atoms with van der Waals surface area (Å²) in [6, 6.07) is 9.02. The Morgan fingerprint density at radius 3 is 2.28 bits per heavy atom. The van der Waals surface area contributed by atoms with Crippen molar-refractivity contribution in [3.63, 3.8) is 0 Å². The van der Waals surface area contributed by atoms with Gasteiger partial charge in [0.25, 0.3) is 5.91 Å². The molecule has 0 saturated carbocycles. The van der Waals surface area contributed by atoms with Crippen molar-refractivity contribution in [1.82, 2.24) is 9.97 Å². The minimum Gasteiger partial charge on any atom is -0.378 e. The molecule has 0 unspecified atom stereocenters. The predicted octanol–water partition coefficient (Wildman–Crippen LogP) is 1.79. The topological polar surface area (TPSA) is 58.1 Å². The van der Waals surface area contributed by atoms with Crippen LogP contribution in [0.4, 0.5) is 11.6 Å². The van der Waals surface area contributed by atoms with Gasteiger partial charge in [-0.05, 0) is 30.3 Å². The molecule has 0 aliphatic heterocycles. The maximum Gasteiger partial charge on any atom is 0.258 e. The second-order valence-corrected chi connectivity index (χ2v) is 3.97. The first-order valence-corrected chi connectivity index (χ1v) is 5.52. The van der Waals surface area contributed by atoms with Gasteiger partial charge in [0.1, 0.15) is 0 Å². The average molecular weight is 242 g/mol. The van der Waals surface area contributed by atoms with Crippen LogP contribution in [0.15, 0.2) is 42.7 Å². The van der Waals surface area contributed by atoms with Crippen LogP contribution >= 0.6 is 0 Å². The predicted molar refractivity (Wildman–Crippen MR) is 70.8 cm³/mol. The number of benzene rings is 1. The minimum absolute atomic E-state index is 0.216. The zero-order valence-corrected chi connectivity index (χ0v) is 10.3. The van der Waals surface area contributed by atoms with E-state index in [0.717, 1.165) is 5.69 Å². The van der Waals surface area contributed by atoms with E-state index in [2.05, 4.69) is 15.3 Å². The van der Waals surface area contributed by atoms with E-state index in [1.54, 1.807) is 30.6 Å². The van der Waals surface area contributed by atoms with Gasteiger partial charge in [-0.1, -0.05) is 0 Å². The van der Waals surface area contributed by atoms with E-state index < -0.39 is 0 Å². The molecule has 18 heavy (non-hydrogen) atoms. The van der Waals surface area contributed by atoms with Crippen LogP contribution in [0.2, 0.25) is 0 Å². The summed E-state index contributed by atoms with van der Waals surface area (Å²) in [4.78, 5) is 21.7. The third-order valence-corrected chi connectivity index (χ3v) is 2.44. The summed E-state index contributed by atoms with van der Waals surface area (Å²) in [5, 5.41) is 2.63. The highest BCUT2D eigenvalue weighted by Gasteiger charge is 2.07. The van der Waals surface area contributed by atoms with Crippen LogP contribution in [-0.2, 0) is 0 Å². The van der Waals surface area contributed by atoms with Gasteiger partial charge in [0.2, 0.25) is 5.95 Å². The number of hydrogen-bond donors (Lipinski definition) is 1. The number of hydrogen-bond acceptors (Lipinski definition) is 4. The van der Waals surface area contributed by atoms with E-state index in [1.807, 2.05) is 31.1 Å². The Balaban J connectivity index is 2.10. The lowest BCUT2D eigenvalue weighted by Crippen LogP contribution is -2.14. The fourth-order valence-electron chi connectivity index (χ4n) is 1.45. The Morgan fingerprint density at radius 2 is 1.72 bits per heavy atom. The van der Waals surface area contributed by atoms with Crippen molar-refractivity contribution in [2.24, 2.45) is 0 Å². The molecule has 1 N–H and O–H groups in total. The molecule has 1 heterocycles. The molecule has 0 aliphatic rings. The van der Waals surface area contributed by atoms with Crippen molar-refractivity contribution in [3.05, 3.63) is 48.3 Å². The Hall–Kier alpha value is -2.43. The van der Waals surface area contributed by atoms with E-state index in [-0.39, 0.29) is 5.91 Å². The highest BCUT2D eigenvalue weighted by molar-refractivity contribution is 6.03. The normalized spacial score (nSPS) is 9.89. The summed E-state index contributed by atoms with van der Waals surface area (Å²) in [5.74, 6) is 0.0886. The maximum atomic E-state index is 11.9. The number of anilines is 2. The Labute approximate surface area is 105 Å². The second kappa shape index (κ2) is 5.27. The van der Waals surface area contributed by atoms with Crippen molar-refractivity contribution in [2.45, 2.75) is 0 Å². The van der Waals surface area contributed by atoms with Gasteiger partial charge in [-0.2, -0.15) is 0 Å². The molecule has 5 nitrogen and oxygen atoms in total. The Morgan fingerprint density at radius 1 is 1.11 bits per heavy atom. The summed E-state index contributed by atoms with van der Waals surface area (Å²) in [5.41, 5.74) is 1.62. The van der Waals surface area contributed by atoms with Crippen LogP contribution in [-0.4, -0.2) is 30.0 Å². The van der Waals surface area contributed by atoms with Gasteiger partial charge >= 0.3 is 0 Å². The quantitative estimate of drug-likeness (QED) is 0.891. The molecule has 92 valence electrons. The molecule has 0 saturated heterocycles. The van der Waals surface area contributed by atoms with Crippen molar-refractivity contribution < 1.29 is 4.79 Å². The van der Waals surface area contributed by atoms with Crippen molar-refractivity contribution >= 4 is 17.5 Å². The number of nitrogens with one attached hydrogen (secondary N) is 1. The Kier molecular flexibility index (Phi) is 3.52. The summed E-state index contributed by atoms with van der Waals surface area (Å²) in [6.45, 7) is 0. The standard InChI is InChI=1S/C13H14N4O/c1-17(2)11-6-4-10(5-7-11)12(18)16-13-14-8-3-9-15-13/h3-9H,1-2H3,(H,14,15,16,18). The number of carbonyl (C=O) groups excluding carboxylic acids is 1. The SMILES string of the molecule is CN(C)c1ccc(C(=O)Nc2ncccn2)cc1. The number of rotatable bonds is 3. The van der Waals surface area contributed by atoms with Gasteiger partial charge in [-0.25, -0.2) is 9.97 Å². The van der Waals surface area contributed by atoms with Gasteiger partial charge in [0.05, 0.1) is 0 Å². The van der Waals surface area contributed by atoms with E-state index in [0.29, 0.717) is 11.5 Å². The van der Waals surface area contributed by atoms with Gasteiger partial charge in [0, 0.05) is 37.7 Å². The smallest absolute Gasteiger partial charge is 0.258 e. The molecule has 1 aromatic carbocycles. The van der Waals surface area contributed by atoms with Crippen LogP contribution in [0.1, 0.15) is 10.4 Å². The zero-order valence-electron chi connectivity index (χ0n) is 10.3. The van der Waals surface area contributed by atoms with Gasteiger partial charge in [0.15, 0.2) is 0 Å². The molecule has 2 rings (SSSR count). The largest absolute Gasteiger partial charge is 0.378 e. The van der Waals surface area contributed by atoms with Gasteiger partial charge in [-0.15, -0.1) is 0 Å². The van der Waals surface area contributed by atoms with Crippen molar-refractivity contribution in [3.8, 4) is 0 Å². The second-order valence-electron chi connectivity index (χ2n) is 3.97. The van der Waals surface area contributed by atoms with Gasteiger partial charge < -0.3 is 4.90 Å². The lowest BCUT2D eigenvalue weighted by molar-refractivity contribution is 0.102. The van der Waals surface area contributed by atoms with Crippen LogP contribution in [0.25, 0.3) is 0 Å². The fourth-order valence-corrected chi connectivity index (χ4v) is 1.45. The number of carbonyl (C=O) groups is 1. The van der Waals surface area contributed by atoms with Crippen LogP contribution in [0.3, 0.4) is 0 Å². The molecule has 0 atom stereocenters. The highest BCUT2D eigenvalue weighted by Crippen LogP contribution is 2.12. The molecule has 0 fully saturated rings. The Bertz CT molecular complexity index is 522. The molecule has 5 heteroatoms. The third-order valence-electron chi connectivity index (χ3n) is 2.44. The number of amides is 1. The first kappa shape index (κ1) is 12.0. The van der Waals surface area contributed by atoms with E-state index in [9.17, 15) is 4.79 Å². The first-order valence-electron chi connectivity index (χ1n) is 5.52. The summed E-state index contributed by atoms with van der Waals surface area (Å²) in [7, 11) is 3.90.